The SMILES string of the molecule is Cc1nc(C2CCCc3ccccc32)sc1C(C)O. The van der Waals surface area contributed by atoms with Gasteiger partial charge in [0.25, 0.3) is 0 Å². The second-order valence-electron chi connectivity index (χ2n) is 5.32. The fourth-order valence-electron chi connectivity index (χ4n) is 2.98. The summed E-state index contributed by atoms with van der Waals surface area (Å²) in [4.78, 5) is 5.73. The molecule has 0 aliphatic heterocycles. The predicted molar refractivity (Wildman–Crippen MR) is 78.7 cm³/mol. The third-order valence-corrected chi connectivity index (χ3v) is 5.34. The third-order valence-electron chi connectivity index (χ3n) is 3.90. The van der Waals surface area contributed by atoms with E-state index in [1.165, 1.54) is 35.4 Å². The monoisotopic (exact) mass is 273 g/mol. The van der Waals surface area contributed by atoms with E-state index in [0.29, 0.717) is 5.92 Å². The fourth-order valence-corrected chi connectivity index (χ4v) is 4.14. The fraction of sp³-hybridized carbons (Fsp3) is 0.438. The van der Waals surface area contributed by atoms with Crippen molar-refractivity contribution >= 4 is 11.3 Å². The highest BCUT2D eigenvalue weighted by Gasteiger charge is 2.25. The molecular formula is C16H19NOS. The lowest BCUT2D eigenvalue weighted by Gasteiger charge is -2.23. The number of aliphatic hydroxyl groups is 1. The number of aryl methyl sites for hydroxylation is 2. The Balaban J connectivity index is 2.02. The molecule has 0 spiro atoms. The number of benzene rings is 1. The molecule has 2 atom stereocenters. The Morgan fingerprint density at radius 3 is 2.89 bits per heavy atom. The number of rotatable bonds is 2. The maximum atomic E-state index is 9.78. The molecule has 2 aromatic rings. The summed E-state index contributed by atoms with van der Waals surface area (Å²) in [5.41, 5.74) is 3.88. The molecule has 2 nitrogen and oxygen atoms in total. The number of thiazole rings is 1. The molecule has 19 heavy (non-hydrogen) atoms. The van der Waals surface area contributed by atoms with E-state index in [0.717, 1.165) is 10.6 Å². The molecule has 0 amide bonds. The second-order valence-corrected chi connectivity index (χ2v) is 6.38. The zero-order valence-corrected chi connectivity index (χ0v) is 12.2. The largest absolute Gasteiger partial charge is 0.388 e. The minimum atomic E-state index is -0.412. The second kappa shape index (κ2) is 5.06. The van der Waals surface area contributed by atoms with Gasteiger partial charge in [-0.2, -0.15) is 0 Å². The van der Waals surface area contributed by atoms with Crippen molar-refractivity contribution in [2.24, 2.45) is 0 Å². The van der Waals surface area contributed by atoms with Crippen LogP contribution in [-0.2, 0) is 6.42 Å². The van der Waals surface area contributed by atoms with Crippen LogP contribution >= 0.6 is 11.3 Å². The highest BCUT2D eigenvalue weighted by Crippen LogP contribution is 2.39. The number of fused-ring (bicyclic) bond motifs is 1. The maximum Gasteiger partial charge on any atom is 0.101 e. The van der Waals surface area contributed by atoms with E-state index in [4.69, 9.17) is 4.98 Å². The van der Waals surface area contributed by atoms with Gasteiger partial charge in [0, 0.05) is 5.92 Å². The molecule has 1 aromatic carbocycles. The first-order valence-corrected chi connectivity index (χ1v) is 7.71. The van der Waals surface area contributed by atoms with Crippen LogP contribution in [0.15, 0.2) is 24.3 Å². The van der Waals surface area contributed by atoms with Gasteiger partial charge in [0.15, 0.2) is 0 Å². The molecule has 1 aliphatic carbocycles. The van der Waals surface area contributed by atoms with Crippen molar-refractivity contribution in [2.75, 3.05) is 0 Å². The van der Waals surface area contributed by atoms with Gasteiger partial charge in [0.1, 0.15) is 5.01 Å². The first-order valence-electron chi connectivity index (χ1n) is 6.90. The summed E-state index contributed by atoms with van der Waals surface area (Å²) >= 11 is 1.68. The number of hydrogen-bond donors (Lipinski definition) is 1. The topological polar surface area (TPSA) is 33.1 Å². The normalized spacial score (nSPS) is 20.1. The van der Waals surface area contributed by atoms with Crippen molar-refractivity contribution in [3.05, 3.63) is 51.0 Å². The van der Waals surface area contributed by atoms with Gasteiger partial charge in [-0.25, -0.2) is 4.98 Å². The molecule has 0 radical (unpaired) electrons. The van der Waals surface area contributed by atoms with Crippen molar-refractivity contribution in [1.29, 1.82) is 0 Å². The third kappa shape index (κ3) is 2.33. The Morgan fingerprint density at radius 1 is 1.37 bits per heavy atom. The number of aromatic nitrogens is 1. The molecule has 1 aliphatic rings. The molecule has 3 heteroatoms. The number of nitrogens with zero attached hydrogens (tertiary/aromatic N) is 1. The molecule has 1 N–H and O–H groups in total. The van der Waals surface area contributed by atoms with Crippen molar-refractivity contribution < 1.29 is 5.11 Å². The first kappa shape index (κ1) is 12.8. The number of aliphatic hydroxyl groups excluding tert-OH is 1. The Bertz CT molecular complexity index is 588. The van der Waals surface area contributed by atoms with Crippen LogP contribution < -0.4 is 0 Å². The minimum absolute atomic E-state index is 0.412. The van der Waals surface area contributed by atoms with Crippen molar-refractivity contribution in [2.45, 2.75) is 45.1 Å². The molecule has 100 valence electrons. The van der Waals surface area contributed by atoms with Crippen LogP contribution in [0.3, 0.4) is 0 Å². The standard InChI is InChI=1S/C16H19NOS/c1-10-15(11(2)18)19-16(17-10)14-9-5-7-12-6-3-4-8-13(12)14/h3-4,6,8,11,14,18H,5,7,9H2,1-2H3. The summed E-state index contributed by atoms with van der Waals surface area (Å²) in [5, 5.41) is 10.9. The highest BCUT2D eigenvalue weighted by atomic mass is 32.1. The Hall–Kier alpha value is -1.19. The minimum Gasteiger partial charge on any atom is -0.388 e. The van der Waals surface area contributed by atoms with Gasteiger partial charge in [-0.05, 0) is 44.2 Å². The number of hydrogen-bond acceptors (Lipinski definition) is 3. The van der Waals surface area contributed by atoms with Gasteiger partial charge in [0.2, 0.25) is 0 Å². The van der Waals surface area contributed by atoms with Gasteiger partial charge >= 0.3 is 0 Å². The quantitative estimate of drug-likeness (QED) is 0.898. The molecular weight excluding hydrogens is 254 g/mol. The van der Waals surface area contributed by atoms with Crippen LogP contribution in [-0.4, -0.2) is 10.1 Å². The Labute approximate surface area is 118 Å². The van der Waals surface area contributed by atoms with E-state index in [1.54, 1.807) is 11.3 Å². The van der Waals surface area contributed by atoms with Crippen LogP contribution in [0.5, 0.6) is 0 Å². The molecule has 3 rings (SSSR count). The summed E-state index contributed by atoms with van der Waals surface area (Å²) in [6.07, 6.45) is 3.17. The predicted octanol–water partition coefficient (Wildman–Crippen LogP) is 3.97. The summed E-state index contributed by atoms with van der Waals surface area (Å²) in [6, 6.07) is 8.71. The zero-order valence-electron chi connectivity index (χ0n) is 11.4. The van der Waals surface area contributed by atoms with Crippen LogP contribution in [0, 0.1) is 6.92 Å². The summed E-state index contributed by atoms with van der Waals surface area (Å²) in [7, 11) is 0. The molecule has 1 heterocycles. The first-order chi connectivity index (χ1) is 9.16. The highest BCUT2D eigenvalue weighted by molar-refractivity contribution is 7.12. The molecule has 0 bridgehead atoms. The van der Waals surface area contributed by atoms with Crippen LogP contribution in [0.2, 0.25) is 0 Å². The van der Waals surface area contributed by atoms with Crippen molar-refractivity contribution in [3.8, 4) is 0 Å². The lowest BCUT2D eigenvalue weighted by atomic mass is 9.83. The lowest BCUT2D eigenvalue weighted by molar-refractivity contribution is 0.202. The smallest absolute Gasteiger partial charge is 0.101 e. The van der Waals surface area contributed by atoms with Gasteiger partial charge in [-0.15, -0.1) is 11.3 Å². The summed E-state index contributed by atoms with van der Waals surface area (Å²) in [6.45, 7) is 3.82. The van der Waals surface area contributed by atoms with Gasteiger partial charge in [-0.1, -0.05) is 24.3 Å². The average Bonchev–Trinajstić information content (AvgIpc) is 2.80. The van der Waals surface area contributed by atoms with E-state index in [2.05, 4.69) is 24.3 Å². The molecule has 0 fully saturated rings. The molecule has 0 saturated heterocycles. The van der Waals surface area contributed by atoms with E-state index in [-0.39, 0.29) is 0 Å². The van der Waals surface area contributed by atoms with Gasteiger partial charge < -0.3 is 5.11 Å². The van der Waals surface area contributed by atoms with Crippen molar-refractivity contribution in [3.63, 3.8) is 0 Å². The van der Waals surface area contributed by atoms with Crippen LogP contribution in [0.4, 0.5) is 0 Å². The van der Waals surface area contributed by atoms with Crippen LogP contribution in [0.25, 0.3) is 0 Å². The summed E-state index contributed by atoms with van der Waals surface area (Å²) in [5.74, 6) is 0.418. The Morgan fingerprint density at radius 2 is 2.16 bits per heavy atom. The zero-order chi connectivity index (χ0) is 13.4. The average molecular weight is 273 g/mol. The molecule has 2 unspecified atom stereocenters. The molecule has 0 saturated carbocycles. The van der Waals surface area contributed by atoms with Crippen LogP contribution in [0.1, 0.15) is 58.5 Å². The van der Waals surface area contributed by atoms with E-state index < -0.39 is 6.10 Å². The van der Waals surface area contributed by atoms with Gasteiger partial charge in [-0.3, -0.25) is 0 Å². The maximum absolute atomic E-state index is 9.78. The Kier molecular flexibility index (Phi) is 3.42. The van der Waals surface area contributed by atoms with E-state index >= 15 is 0 Å². The van der Waals surface area contributed by atoms with E-state index in [9.17, 15) is 5.11 Å². The molecule has 1 aromatic heterocycles. The van der Waals surface area contributed by atoms with Crippen molar-refractivity contribution in [1.82, 2.24) is 4.98 Å². The van der Waals surface area contributed by atoms with Gasteiger partial charge in [0.05, 0.1) is 16.7 Å². The van der Waals surface area contributed by atoms with E-state index in [1.807, 2.05) is 13.8 Å². The lowest BCUT2D eigenvalue weighted by Crippen LogP contribution is -2.10. The summed E-state index contributed by atoms with van der Waals surface area (Å²) < 4.78 is 0.